The minimum absolute atomic E-state index is 0.173. The van der Waals surface area contributed by atoms with Crippen LogP contribution < -0.4 is 29.8 Å². The van der Waals surface area contributed by atoms with E-state index in [4.69, 9.17) is 18.9 Å². The van der Waals surface area contributed by atoms with Crippen molar-refractivity contribution in [1.82, 2.24) is 0 Å². The fourth-order valence-electron chi connectivity index (χ4n) is 4.40. The van der Waals surface area contributed by atoms with Gasteiger partial charge in [0.25, 0.3) is 11.7 Å². The highest BCUT2D eigenvalue weighted by Crippen LogP contribution is 2.30. The molecule has 0 saturated heterocycles. The van der Waals surface area contributed by atoms with Gasteiger partial charge in [-0.2, -0.15) is 10.5 Å². The number of anilines is 2. The number of nitrogens with one attached hydrogen (secondary N) is 2. The molecule has 14 heteroatoms. The van der Waals surface area contributed by atoms with Gasteiger partial charge in [-0.15, -0.1) is 30.7 Å². The van der Waals surface area contributed by atoms with E-state index in [1.165, 1.54) is 0 Å². The maximum absolute atomic E-state index is 9.64. The van der Waals surface area contributed by atoms with E-state index >= 15 is 0 Å². The molecular weight excluding hydrogens is 636 g/mol. The molecule has 2 N–H and O–H groups in total. The monoisotopic (exact) mass is 670 g/mol. The zero-order valence-corrected chi connectivity index (χ0v) is 27.1. The number of nitriles is 2. The molecule has 252 valence electrons. The summed E-state index contributed by atoms with van der Waals surface area (Å²) >= 11 is 0. The molecule has 0 amide bonds. The van der Waals surface area contributed by atoms with E-state index in [1.54, 1.807) is 60.7 Å². The summed E-state index contributed by atoms with van der Waals surface area (Å²) in [7, 11) is 0. The molecule has 1 heterocycles. The summed E-state index contributed by atoms with van der Waals surface area (Å²) in [5.41, 5.74) is 7.77. The Bertz CT molecular complexity index is 1790. The zero-order chi connectivity index (χ0) is 34.6. The van der Waals surface area contributed by atoms with Gasteiger partial charge in [-0.05, 0) is 74.2 Å². The number of para-hydroxylation sites is 6. The molecule has 4 aromatic rings. The van der Waals surface area contributed by atoms with Crippen molar-refractivity contribution in [3.05, 3.63) is 97.1 Å². The van der Waals surface area contributed by atoms with Crippen LogP contribution in [-0.4, -0.2) is 38.1 Å². The second-order valence-corrected chi connectivity index (χ2v) is 10.5. The summed E-state index contributed by atoms with van der Waals surface area (Å²) in [6, 6.07) is 32.7. The first-order chi connectivity index (χ1) is 24.7. The van der Waals surface area contributed by atoms with Gasteiger partial charge in [-0.3, -0.25) is 10.9 Å². The van der Waals surface area contributed by atoms with Crippen LogP contribution in [0.1, 0.15) is 25.7 Å². The van der Waals surface area contributed by atoms with Crippen LogP contribution in [0, 0.1) is 22.7 Å². The molecule has 14 nitrogen and oxygen atoms in total. The summed E-state index contributed by atoms with van der Waals surface area (Å²) in [6.45, 7) is 1.64. The predicted octanol–water partition coefficient (Wildman–Crippen LogP) is 8.54. The van der Waals surface area contributed by atoms with E-state index in [1.807, 2.05) is 48.5 Å². The van der Waals surface area contributed by atoms with Gasteiger partial charge in [0.05, 0.1) is 37.8 Å². The van der Waals surface area contributed by atoms with E-state index in [9.17, 15) is 10.5 Å². The minimum Gasteiger partial charge on any atom is -0.491 e. The van der Waals surface area contributed by atoms with Gasteiger partial charge < -0.3 is 18.9 Å². The van der Waals surface area contributed by atoms with Gasteiger partial charge in [-0.1, -0.05) is 48.5 Å². The van der Waals surface area contributed by atoms with Gasteiger partial charge in [0, 0.05) is 0 Å². The predicted molar refractivity (Wildman–Crippen MR) is 189 cm³/mol. The van der Waals surface area contributed by atoms with E-state index in [2.05, 4.69) is 41.5 Å². The number of hydrogen-bond acceptors (Lipinski definition) is 14. The van der Waals surface area contributed by atoms with Crippen LogP contribution >= 0.6 is 0 Å². The molecule has 50 heavy (non-hydrogen) atoms. The lowest BCUT2D eigenvalue weighted by Crippen LogP contribution is -2.05. The molecule has 0 saturated carbocycles. The number of azo groups is 2. The molecular formula is C36H34N10O4. The molecule has 5 rings (SSSR count). The first-order valence-electron chi connectivity index (χ1n) is 15.9. The van der Waals surface area contributed by atoms with Gasteiger partial charge in [0.2, 0.25) is 0 Å². The first-order valence-corrected chi connectivity index (χ1v) is 15.9. The van der Waals surface area contributed by atoms with E-state index in [-0.39, 0.29) is 11.7 Å². The minimum atomic E-state index is -0.173. The Morgan fingerprint density at radius 1 is 0.440 bits per heavy atom. The average molecular weight is 671 g/mol. The third-order valence-electron chi connectivity index (χ3n) is 6.88. The van der Waals surface area contributed by atoms with Crippen molar-refractivity contribution >= 4 is 34.4 Å². The summed E-state index contributed by atoms with van der Waals surface area (Å²) in [4.78, 5) is 0. The standard InChI is InChI=1S/C36H34N10O4/c37-25-35-43-39-27-13-1-5-17-31(27)47-21-9-10-22-48-33-19-7-3-15-29(33)41-45-36(26-38)46-42-30-16-4-8-20-34(30)50-24-12-11-23-49-32-18-6-2-14-28(32)40-44-35/h1-8,13-20,39,42H,9-12,21-24H2/b43-35-,44-40?,45-41?,46-36-. The Labute approximate surface area is 289 Å². The topological polar surface area (TPSA) is 183 Å². The van der Waals surface area contributed by atoms with Crippen LogP contribution in [0.3, 0.4) is 0 Å². The van der Waals surface area contributed by atoms with Crippen LogP contribution in [0.5, 0.6) is 23.0 Å². The Morgan fingerprint density at radius 2 is 0.780 bits per heavy atom. The number of benzene rings is 4. The number of amidine groups is 2. The van der Waals surface area contributed by atoms with Crippen LogP contribution in [0.4, 0.5) is 22.7 Å². The van der Waals surface area contributed by atoms with Crippen LogP contribution in [0.15, 0.2) is 128 Å². The summed E-state index contributed by atoms with van der Waals surface area (Å²) < 4.78 is 23.9. The van der Waals surface area contributed by atoms with Crippen molar-refractivity contribution in [2.24, 2.45) is 30.7 Å². The summed E-state index contributed by atoms with van der Waals surface area (Å²) in [5.74, 6) is 1.82. The number of rotatable bonds is 0. The Morgan fingerprint density at radius 3 is 1.18 bits per heavy atom. The highest BCUT2D eigenvalue weighted by atomic mass is 16.5. The number of hydrogen-bond donors (Lipinski definition) is 2. The molecule has 1 aliphatic rings. The van der Waals surface area contributed by atoms with Gasteiger partial charge in [0.1, 0.15) is 46.5 Å². The van der Waals surface area contributed by atoms with Crippen molar-refractivity contribution in [1.29, 1.82) is 10.5 Å². The zero-order valence-electron chi connectivity index (χ0n) is 27.1. The molecule has 0 spiro atoms. The molecule has 0 fully saturated rings. The normalized spacial score (nSPS) is 16.8. The van der Waals surface area contributed by atoms with Crippen LogP contribution in [0.2, 0.25) is 0 Å². The third kappa shape index (κ3) is 10.6. The van der Waals surface area contributed by atoms with Crippen LogP contribution in [-0.2, 0) is 0 Å². The average Bonchev–Trinajstić information content (AvgIpc) is 3.16. The molecule has 1 aliphatic heterocycles. The molecule has 0 bridgehead atoms. The molecule has 4 aromatic carbocycles. The maximum atomic E-state index is 9.64. The Balaban J connectivity index is 1.32. The van der Waals surface area contributed by atoms with E-state index in [0.29, 0.717) is 97.9 Å². The SMILES string of the molecule is N#C/C1=N/Nc2ccccc2OCCCCOc2ccccc2N=N/C(C#N)=N\Nc2ccccc2OCCCCOc2ccccc2N=N1. The Kier molecular flexibility index (Phi) is 13.2. The van der Waals surface area contributed by atoms with Crippen molar-refractivity contribution in [3.8, 4) is 35.1 Å². The highest BCUT2D eigenvalue weighted by Gasteiger charge is 2.08. The number of ether oxygens (including phenoxy) is 4. The van der Waals surface area contributed by atoms with Crippen LogP contribution in [0.25, 0.3) is 0 Å². The van der Waals surface area contributed by atoms with Crippen molar-refractivity contribution in [3.63, 3.8) is 0 Å². The highest BCUT2D eigenvalue weighted by molar-refractivity contribution is 5.98. The lowest BCUT2D eigenvalue weighted by molar-refractivity contribution is 0.267. The van der Waals surface area contributed by atoms with E-state index < -0.39 is 0 Å². The number of fused-ring (bicyclic) bond motifs is 4. The molecule has 0 aromatic heterocycles. The summed E-state index contributed by atoms with van der Waals surface area (Å²) in [5, 5.41) is 44.0. The first kappa shape index (κ1) is 34.5. The number of nitrogens with zero attached hydrogens (tertiary/aromatic N) is 8. The van der Waals surface area contributed by atoms with Gasteiger partial charge in [-0.25, -0.2) is 0 Å². The third-order valence-corrected chi connectivity index (χ3v) is 6.88. The molecule has 0 aliphatic carbocycles. The largest absolute Gasteiger partial charge is 0.491 e. The fraction of sp³-hybridized carbons (Fsp3) is 0.222. The lowest BCUT2D eigenvalue weighted by Gasteiger charge is -2.12. The molecule has 0 unspecified atom stereocenters. The maximum Gasteiger partial charge on any atom is 0.270 e. The quantitative estimate of drug-likeness (QED) is 0.186. The molecule has 0 atom stereocenters. The van der Waals surface area contributed by atoms with E-state index in [0.717, 1.165) is 0 Å². The fourth-order valence-corrected chi connectivity index (χ4v) is 4.40. The van der Waals surface area contributed by atoms with Gasteiger partial charge >= 0.3 is 0 Å². The van der Waals surface area contributed by atoms with Crippen molar-refractivity contribution in [2.45, 2.75) is 25.7 Å². The molecule has 0 radical (unpaired) electrons. The lowest BCUT2D eigenvalue weighted by atomic mass is 10.3. The Hall–Kier alpha value is -6.80. The van der Waals surface area contributed by atoms with Crippen molar-refractivity contribution < 1.29 is 18.9 Å². The second-order valence-electron chi connectivity index (χ2n) is 10.5. The van der Waals surface area contributed by atoms with Crippen molar-refractivity contribution in [2.75, 3.05) is 37.3 Å². The van der Waals surface area contributed by atoms with Gasteiger partial charge in [0.15, 0.2) is 0 Å². The smallest absolute Gasteiger partial charge is 0.270 e. The number of hydrazone groups is 2. The summed E-state index contributed by atoms with van der Waals surface area (Å²) in [6.07, 6.45) is 2.78. The second kappa shape index (κ2) is 19.1.